The van der Waals surface area contributed by atoms with Crippen LogP contribution in [0.2, 0.25) is 0 Å². The molecule has 1 heterocycles. The molecule has 1 aromatic carbocycles. The van der Waals surface area contributed by atoms with Crippen LogP contribution in [0.25, 0.3) is 0 Å². The Bertz CT molecular complexity index is 592. The summed E-state index contributed by atoms with van der Waals surface area (Å²) in [5.41, 5.74) is -0.670. The number of anilines is 1. The maximum absolute atomic E-state index is 12.4. The van der Waals surface area contributed by atoms with Gasteiger partial charge in [-0.1, -0.05) is 0 Å². The third-order valence-corrected chi connectivity index (χ3v) is 2.94. The number of carbonyl (C=O) groups is 1. The number of hydrogen-bond donors (Lipinski definition) is 1. The molecule has 0 aliphatic heterocycles. The predicted octanol–water partition coefficient (Wildman–Crippen LogP) is 3.12. The first-order valence-corrected chi connectivity index (χ1v) is 5.92. The summed E-state index contributed by atoms with van der Waals surface area (Å²) in [5, 5.41) is 2.77. The Kier molecular flexibility index (Phi) is 3.52. The van der Waals surface area contributed by atoms with E-state index in [4.69, 9.17) is 0 Å². The first kappa shape index (κ1) is 13.5. The van der Waals surface area contributed by atoms with E-state index in [2.05, 4.69) is 14.7 Å². The van der Waals surface area contributed by atoms with E-state index >= 15 is 0 Å². The van der Waals surface area contributed by atoms with Gasteiger partial charge >= 0.3 is 6.18 Å². The zero-order valence-corrected chi connectivity index (χ0v) is 10.5. The second kappa shape index (κ2) is 4.96. The number of nitrogens with zero attached hydrogens (tertiary/aromatic N) is 2. The first-order chi connectivity index (χ1) is 8.86. The minimum absolute atomic E-state index is 0.126. The Labute approximate surface area is 110 Å². The minimum Gasteiger partial charge on any atom is -0.297 e. The van der Waals surface area contributed by atoms with Gasteiger partial charge in [-0.25, -0.2) is 4.98 Å². The van der Waals surface area contributed by atoms with Crippen LogP contribution < -0.4 is 5.32 Å². The van der Waals surface area contributed by atoms with Crippen LogP contribution >= 0.6 is 11.5 Å². The maximum Gasteiger partial charge on any atom is 0.416 e. The van der Waals surface area contributed by atoms with Crippen LogP contribution in [-0.2, 0) is 6.18 Å². The highest BCUT2D eigenvalue weighted by Gasteiger charge is 2.30. The van der Waals surface area contributed by atoms with E-state index in [9.17, 15) is 18.0 Å². The number of rotatable bonds is 2. The molecule has 0 radical (unpaired) electrons. The molecule has 100 valence electrons. The van der Waals surface area contributed by atoms with Gasteiger partial charge in [-0.05, 0) is 31.2 Å². The van der Waals surface area contributed by atoms with Crippen molar-refractivity contribution in [1.82, 2.24) is 9.36 Å². The van der Waals surface area contributed by atoms with Crippen LogP contribution in [0.15, 0.2) is 24.3 Å². The number of amides is 1. The van der Waals surface area contributed by atoms with Crippen LogP contribution in [0.4, 0.5) is 18.3 Å². The second-order valence-corrected chi connectivity index (χ2v) is 4.43. The highest BCUT2D eigenvalue weighted by molar-refractivity contribution is 7.09. The maximum atomic E-state index is 12.4. The average molecular weight is 287 g/mol. The van der Waals surface area contributed by atoms with Crippen molar-refractivity contribution in [2.24, 2.45) is 0 Å². The Hall–Kier alpha value is -1.96. The predicted molar refractivity (Wildman–Crippen MR) is 64.0 cm³/mol. The molecule has 2 rings (SSSR count). The zero-order valence-electron chi connectivity index (χ0n) is 9.65. The molecular formula is C11H8F3N3OS. The zero-order chi connectivity index (χ0) is 14.0. The fourth-order valence-electron chi connectivity index (χ4n) is 1.33. The van der Waals surface area contributed by atoms with Gasteiger partial charge < -0.3 is 0 Å². The number of carbonyl (C=O) groups excluding carboxylic acids is 1. The lowest BCUT2D eigenvalue weighted by Crippen LogP contribution is -2.12. The summed E-state index contributed by atoms with van der Waals surface area (Å²) in [6, 6.07) is 3.96. The van der Waals surface area contributed by atoms with Gasteiger partial charge in [0.05, 0.1) is 5.56 Å². The van der Waals surface area contributed by atoms with E-state index in [1.54, 1.807) is 6.92 Å². The van der Waals surface area contributed by atoms with Crippen molar-refractivity contribution in [3.63, 3.8) is 0 Å². The number of benzene rings is 1. The van der Waals surface area contributed by atoms with Crippen LogP contribution in [0.5, 0.6) is 0 Å². The normalized spacial score (nSPS) is 11.4. The molecule has 0 saturated carbocycles. The molecule has 0 unspecified atom stereocenters. The fourth-order valence-corrected chi connectivity index (χ4v) is 1.90. The third kappa shape index (κ3) is 3.28. The summed E-state index contributed by atoms with van der Waals surface area (Å²) >= 11 is 1.01. The molecule has 0 spiro atoms. The largest absolute Gasteiger partial charge is 0.416 e. The smallest absolute Gasteiger partial charge is 0.297 e. The number of alkyl halides is 3. The molecule has 8 heteroatoms. The van der Waals surface area contributed by atoms with E-state index in [0.29, 0.717) is 11.0 Å². The Balaban J connectivity index is 2.12. The summed E-state index contributed by atoms with van der Waals surface area (Å²) in [6.07, 6.45) is -4.41. The topological polar surface area (TPSA) is 54.9 Å². The van der Waals surface area contributed by atoms with Crippen LogP contribution in [0, 0.1) is 6.92 Å². The van der Waals surface area contributed by atoms with Crippen LogP contribution in [0.1, 0.15) is 21.7 Å². The van der Waals surface area contributed by atoms with Crippen molar-refractivity contribution < 1.29 is 18.0 Å². The molecule has 0 atom stereocenters. The molecule has 0 saturated heterocycles. The molecular weight excluding hydrogens is 279 g/mol. The van der Waals surface area contributed by atoms with Gasteiger partial charge in [-0.15, -0.1) is 0 Å². The van der Waals surface area contributed by atoms with Gasteiger partial charge in [-0.2, -0.15) is 17.5 Å². The second-order valence-electron chi connectivity index (χ2n) is 3.68. The SMILES string of the molecule is Cc1nsc(NC(=O)c2ccc(C(F)(F)F)cc2)n1. The number of aryl methyl sites for hydroxylation is 1. The molecule has 1 amide bonds. The summed E-state index contributed by atoms with van der Waals surface area (Å²) < 4.78 is 40.9. The van der Waals surface area contributed by atoms with Crippen molar-refractivity contribution in [2.45, 2.75) is 13.1 Å². The van der Waals surface area contributed by atoms with Crippen molar-refractivity contribution in [3.05, 3.63) is 41.2 Å². The summed E-state index contributed by atoms with van der Waals surface area (Å²) in [4.78, 5) is 15.7. The molecule has 4 nitrogen and oxygen atoms in total. The number of aromatic nitrogens is 2. The molecule has 0 bridgehead atoms. The van der Waals surface area contributed by atoms with Gasteiger partial charge in [0.15, 0.2) is 0 Å². The standard InChI is InChI=1S/C11H8F3N3OS/c1-6-15-10(19-17-6)16-9(18)7-2-4-8(5-3-7)11(12,13)14/h2-5H,1H3,(H,15,16,17,18). The minimum atomic E-state index is -4.41. The van der Waals surface area contributed by atoms with Crippen molar-refractivity contribution >= 4 is 22.6 Å². The molecule has 0 aliphatic carbocycles. The van der Waals surface area contributed by atoms with Gasteiger partial charge in [0.1, 0.15) is 5.82 Å². The van der Waals surface area contributed by atoms with Gasteiger partial charge in [0, 0.05) is 17.1 Å². The number of halogens is 3. The van der Waals surface area contributed by atoms with Crippen molar-refractivity contribution in [1.29, 1.82) is 0 Å². The summed E-state index contributed by atoms with van der Waals surface area (Å²) in [6.45, 7) is 1.67. The van der Waals surface area contributed by atoms with E-state index in [1.807, 2.05) is 0 Å². The third-order valence-electron chi connectivity index (χ3n) is 2.22. The lowest BCUT2D eigenvalue weighted by Gasteiger charge is -2.07. The lowest BCUT2D eigenvalue weighted by molar-refractivity contribution is -0.137. The van der Waals surface area contributed by atoms with Crippen LogP contribution in [0.3, 0.4) is 0 Å². The molecule has 0 aliphatic rings. The molecule has 2 aromatic rings. The quantitative estimate of drug-likeness (QED) is 0.923. The monoisotopic (exact) mass is 287 g/mol. The van der Waals surface area contributed by atoms with Crippen molar-refractivity contribution in [2.75, 3.05) is 5.32 Å². The van der Waals surface area contributed by atoms with Crippen LogP contribution in [-0.4, -0.2) is 15.3 Å². The van der Waals surface area contributed by atoms with E-state index in [-0.39, 0.29) is 5.56 Å². The molecule has 1 aromatic heterocycles. The Morgan fingerprint density at radius 1 is 1.26 bits per heavy atom. The first-order valence-electron chi connectivity index (χ1n) is 5.15. The highest BCUT2D eigenvalue weighted by atomic mass is 32.1. The summed E-state index contributed by atoms with van der Waals surface area (Å²) in [5.74, 6) is -0.00223. The molecule has 19 heavy (non-hydrogen) atoms. The van der Waals surface area contributed by atoms with Gasteiger partial charge in [-0.3, -0.25) is 10.1 Å². The molecule has 0 fully saturated rings. The van der Waals surface area contributed by atoms with E-state index in [0.717, 1.165) is 35.8 Å². The van der Waals surface area contributed by atoms with E-state index in [1.165, 1.54) is 0 Å². The van der Waals surface area contributed by atoms with Gasteiger partial charge in [0.2, 0.25) is 5.13 Å². The Morgan fingerprint density at radius 3 is 2.37 bits per heavy atom. The summed E-state index contributed by atoms with van der Waals surface area (Å²) in [7, 11) is 0. The van der Waals surface area contributed by atoms with Crippen molar-refractivity contribution in [3.8, 4) is 0 Å². The number of nitrogens with one attached hydrogen (secondary N) is 1. The lowest BCUT2D eigenvalue weighted by atomic mass is 10.1. The van der Waals surface area contributed by atoms with E-state index < -0.39 is 17.6 Å². The average Bonchev–Trinajstić information content (AvgIpc) is 2.74. The fraction of sp³-hybridized carbons (Fsp3) is 0.182. The Morgan fingerprint density at radius 2 is 1.89 bits per heavy atom. The van der Waals surface area contributed by atoms with Gasteiger partial charge in [0.25, 0.3) is 5.91 Å². The molecule has 1 N–H and O–H groups in total. The highest BCUT2D eigenvalue weighted by Crippen LogP contribution is 2.29. The number of hydrogen-bond acceptors (Lipinski definition) is 4.